The number of aromatic nitrogens is 3. The van der Waals surface area contributed by atoms with Gasteiger partial charge in [-0.05, 0) is 49.2 Å². The third-order valence-electron chi connectivity index (χ3n) is 3.69. The molecule has 3 rings (SSSR count). The zero-order valence-electron chi connectivity index (χ0n) is 14.4. The SMILES string of the molecule is CCOc1ccc(Nc2cnnc(NCc3ccccc3C)n2)cc1. The highest BCUT2D eigenvalue weighted by Gasteiger charge is 2.03. The molecule has 6 heteroatoms. The molecule has 2 N–H and O–H groups in total. The molecule has 0 atom stereocenters. The number of benzene rings is 2. The van der Waals surface area contributed by atoms with Crippen LogP contribution in [0.4, 0.5) is 17.5 Å². The summed E-state index contributed by atoms with van der Waals surface area (Å²) >= 11 is 0. The van der Waals surface area contributed by atoms with Crippen molar-refractivity contribution in [1.29, 1.82) is 0 Å². The Labute approximate surface area is 147 Å². The van der Waals surface area contributed by atoms with E-state index in [1.54, 1.807) is 6.20 Å². The van der Waals surface area contributed by atoms with Crippen LogP contribution in [0.3, 0.4) is 0 Å². The van der Waals surface area contributed by atoms with Crippen molar-refractivity contribution in [1.82, 2.24) is 15.2 Å². The van der Waals surface area contributed by atoms with Crippen molar-refractivity contribution in [3.05, 3.63) is 65.9 Å². The van der Waals surface area contributed by atoms with E-state index >= 15 is 0 Å². The largest absolute Gasteiger partial charge is 0.494 e. The maximum atomic E-state index is 5.44. The fraction of sp³-hybridized carbons (Fsp3) is 0.211. The number of hydrogen-bond acceptors (Lipinski definition) is 6. The molecule has 0 radical (unpaired) electrons. The third kappa shape index (κ3) is 4.67. The molecule has 0 aliphatic carbocycles. The summed E-state index contributed by atoms with van der Waals surface area (Å²) in [6, 6.07) is 15.9. The standard InChI is InChI=1S/C19H21N5O/c1-3-25-17-10-8-16(9-11-17)22-18-13-21-24-19(23-18)20-12-15-7-5-4-6-14(15)2/h4-11,13H,3,12H2,1-2H3,(H2,20,22,23,24). The maximum Gasteiger partial charge on any atom is 0.244 e. The molecule has 128 valence electrons. The van der Waals surface area contributed by atoms with Gasteiger partial charge >= 0.3 is 0 Å². The lowest BCUT2D eigenvalue weighted by Crippen LogP contribution is -2.07. The van der Waals surface area contributed by atoms with E-state index in [2.05, 4.69) is 44.9 Å². The smallest absolute Gasteiger partial charge is 0.244 e. The van der Waals surface area contributed by atoms with Crippen LogP contribution in [-0.2, 0) is 6.54 Å². The molecule has 0 saturated heterocycles. The Morgan fingerprint density at radius 2 is 1.84 bits per heavy atom. The van der Waals surface area contributed by atoms with Crippen molar-refractivity contribution in [3.63, 3.8) is 0 Å². The summed E-state index contributed by atoms with van der Waals surface area (Å²) < 4.78 is 5.44. The van der Waals surface area contributed by atoms with Gasteiger partial charge in [-0.1, -0.05) is 24.3 Å². The van der Waals surface area contributed by atoms with Crippen LogP contribution in [0.1, 0.15) is 18.1 Å². The van der Waals surface area contributed by atoms with Crippen molar-refractivity contribution in [2.24, 2.45) is 0 Å². The first-order valence-corrected chi connectivity index (χ1v) is 8.22. The first kappa shape index (κ1) is 16.7. The zero-order chi connectivity index (χ0) is 17.5. The van der Waals surface area contributed by atoms with Crippen LogP contribution >= 0.6 is 0 Å². The second kappa shape index (κ2) is 8.10. The van der Waals surface area contributed by atoms with Gasteiger partial charge in [0.15, 0.2) is 5.82 Å². The minimum absolute atomic E-state index is 0.485. The van der Waals surface area contributed by atoms with E-state index < -0.39 is 0 Å². The van der Waals surface area contributed by atoms with Crippen molar-refractivity contribution in [2.45, 2.75) is 20.4 Å². The van der Waals surface area contributed by atoms with Crippen molar-refractivity contribution < 1.29 is 4.74 Å². The van der Waals surface area contributed by atoms with E-state index in [9.17, 15) is 0 Å². The molecule has 0 amide bonds. The Kier molecular flexibility index (Phi) is 5.41. The highest BCUT2D eigenvalue weighted by Crippen LogP contribution is 2.19. The molecule has 25 heavy (non-hydrogen) atoms. The molecule has 2 aromatic carbocycles. The topological polar surface area (TPSA) is 72.0 Å². The van der Waals surface area contributed by atoms with Crippen LogP contribution in [0.2, 0.25) is 0 Å². The van der Waals surface area contributed by atoms with Crippen molar-refractivity contribution in [2.75, 3.05) is 17.2 Å². The summed E-state index contributed by atoms with van der Waals surface area (Å²) in [4.78, 5) is 4.44. The lowest BCUT2D eigenvalue weighted by Gasteiger charge is -2.09. The van der Waals surface area contributed by atoms with Gasteiger partial charge in [-0.15, -0.1) is 5.10 Å². The van der Waals surface area contributed by atoms with Gasteiger partial charge in [-0.25, -0.2) is 0 Å². The van der Waals surface area contributed by atoms with Crippen LogP contribution in [-0.4, -0.2) is 21.8 Å². The van der Waals surface area contributed by atoms with Crippen LogP contribution in [0, 0.1) is 6.92 Å². The first-order chi connectivity index (χ1) is 12.2. The molecule has 0 fully saturated rings. The quantitative estimate of drug-likeness (QED) is 0.681. The van der Waals surface area contributed by atoms with Gasteiger partial charge in [-0.2, -0.15) is 10.1 Å². The van der Waals surface area contributed by atoms with Gasteiger partial charge in [0.1, 0.15) is 5.75 Å². The average Bonchev–Trinajstić information content (AvgIpc) is 2.63. The molecule has 1 aromatic heterocycles. The average molecular weight is 335 g/mol. The summed E-state index contributed by atoms with van der Waals surface area (Å²) in [6.07, 6.45) is 1.59. The number of nitrogens with zero attached hydrogens (tertiary/aromatic N) is 3. The monoisotopic (exact) mass is 335 g/mol. The molecule has 0 bridgehead atoms. The normalized spacial score (nSPS) is 10.3. The van der Waals surface area contributed by atoms with Gasteiger partial charge in [0.25, 0.3) is 0 Å². The van der Waals surface area contributed by atoms with Crippen molar-refractivity contribution >= 4 is 17.5 Å². The van der Waals surface area contributed by atoms with Crippen LogP contribution < -0.4 is 15.4 Å². The Balaban J connectivity index is 1.64. The van der Waals surface area contributed by atoms with Crippen LogP contribution in [0.5, 0.6) is 5.75 Å². The number of ether oxygens (including phenoxy) is 1. The van der Waals surface area contributed by atoms with Crippen molar-refractivity contribution in [3.8, 4) is 5.75 Å². The van der Waals surface area contributed by atoms with Gasteiger partial charge in [0.2, 0.25) is 5.95 Å². The molecule has 0 aliphatic rings. The number of hydrogen-bond donors (Lipinski definition) is 2. The number of anilines is 3. The van der Waals surface area contributed by atoms with Gasteiger partial charge < -0.3 is 15.4 Å². The number of nitrogens with one attached hydrogen (secondary N) is 2. The third-order valence-corrected chi connectivity index (χ3v) is 3.69. The highest BCUT2D eigenvalue weighted by atomic mass is 16.5. The molecular weight excluding hydrogens is 314 g/mol. The fourth-order valence-corrected chi connectivity index (χ4v) is 2.37. The zero-order valence-corrected chi connectivity index (χ0v) is 14.4. The van der Waals surface area contributed by atoms with E-state index in [0.29, 0.717) is 24.9 Å². The highest BCUT2D eigenvalue weighted by molar-refractivity contribution is 5.57. The number of rotatable bonds is 7. The molecule has 3 aromatic rings. The molecule has 0 unspecified atom stereocenters. The van der Waals surface area contributed by atoms with E-state index in [1.807, 2.05) is 43.3 Å². The molecule has 0 spiro atoms. The van der Waals surface area contributed by atoms with E-state index in [4.69, 9.17) is 4.74 Å². The molecule has 0 saturated carbocycles. The molecular formula is C19H21N5O. The molecule has 0 aliphatic heterocycles. The summed E-state index contributed by atoms with van der Waals surface area (Å²) in [7, 11) is 0. The Bertz CT molecular complexity index is 820. The maximum absolute atomic E-state index is 5.44. The Morgan fingerprint density at radius 1 is 1.04 bits per heavy atom. The first-order valence-electron chi connectivity index (χ1n) is 8.22. The Hall–Kier alpha value is -3.15. The summed E-state index contributed by atoms with van der Waals surface area (Å²) in [5, 5.41) is 14.5. The van der Waals surface area contributed by atoms with E-state index in [-0.39, 0.29) is 0 Å². The molecule has 6 nitrogen and oxygen atoms in total. The second-order valence-electron chi connectivity index (χ2n) is 5.53. The lowest BCUT2D eigenvalue weighted by molar-refractivity contribution is 0.340. The summed E-state index contributed by atoms with van der Waals surface area (Å²) in [6.45, 7) is 5.35. The Morgan fingerprint density at radius 3 is 2.60 bits per heavy atom. The van der Waals surface area contributed by atoms with Gasteiger partial charge in [-0.3, -0.25) is 0 Å². The lowest BCUT2D eigenvalue weighted by atomic mass is 10.1. The summed E-state index contributed by atoms with van der Waals surface area (Å²) in [5.74, 6) is 1.96. The van der Waals surface area contributed by atoms with Crippen LogP contribution in [0.15, 0.2) is 54.7 Å². The minimum Gasteiger partial charge on any atom is -0.494 e. The molecule has 1 heterocycles. The van der Waals surface area contributed by atoms with E-state index in [0.717, 1.165) is 11.4 Å². The predicted octanol–water partition coefficient (Wildman–Crippen LogP) is 3.93. The minimum atomic E-state index is 0.485. The van der Waals surface area contributed by atoms with Gasteiger partial charge in [0.05, 0.1) is 12.8 Å². The predicted molar refractivity (Wildman–Crippen MR) is 99.2 cm³/mol. The van der Waals surface area contributed by atoms with E-state index in [1.165, 1.54) is 11.1 Å². The second-order valence-corrected chi connectivity index (χ2v) is 5.53. The van der Waals surface area contributed by atoms with Gasteiger partial charge in [0, 0.05) is 12.2 Å². The van der Waals surface area contributed by atoms with Crippen LogP contribution in [0.25, 0.3) is 0 Å². The fourth-order valence-electron chi connectivity index (χ4n) is 2.37. The summed E-state index contributed by atoms with van der Waals surface area (Å²) in [5.41, 5.74) is 3.34. The number of aryl methyl sites for hydroxylation is 1.